The molecule has 0 aliphatic rings. The van der Waals surface area contributed by atoms with Crippen LogP contribution < -0.4 is 0 Å². The van der Waals surface area contributed by atoms with Gasteiger partial charge in [-0.25, -0.2) is 0 Å². The molecule has 1 amide bonds. The second-order valence-electron chi connectivity index (χ2n) is 6.09. The fourth-order valence-electron chi connectivity index (χ4n) is 2.86. The Morgan fingerprint density at radius 1 is 1.19 bits per heavy atom. The Morgan fingerprint density at radius 2 is 1.86 bits per heavy atom. The van der Waals surface area contributed by atoms with Gasteiger partial charge in [0.2, 0.25) is 0 Å². The number of H-pyrrole nitrogens is 1. The van der Waals surface area contributed by atoms with E-state index >= 15 is 0 Å². The zero-order valence-corrected chi connectivity index (χ0v) is 13.5. The summed E-state index contributed by atoms with van der Waals surface area (Å²) >= 11 is 0. The van der Waals surface area contributed by atoms with Gasteiger partial charge in [0.1, 0.15) is 5.69 Å². The van der Waals surface area contributed by atoms with Crippen molar-refractivity contribution < 1.29 is 4.79 Å². The summed E-state index contributed by atoms with van der Waals surface area (Å²) in [7, 11) is 0. The number of para-hydroxylation sites is 1. The molecule has 0 bridgehead atoms. The third kappa shape index (κ3) is 3.46. The number of carbonyl (C=O) groups excluding carboxylic acids is 1. The molecule has 0 unspecified atom stereocenters. The Kier molecular flexibility index (Phi) is 5.05. The van der Waals surface area contributed by atoms with Crippen LogP contribution in [0.3, 0.4) is 0 Å². The number of carbonyl (C=O) groups is 1. The van der Waals surface area contributed by atoms with Gasteiger partial charge in [0, 0.05) is 23.5 Å². The van der Waals surface area contributed by atoms with Gasteiger partial charge < -0.3 is 9.88 Å². The highest BCUT2D eigenvalue weighted by Crippen LogP contribution is 2.19. The van der Waals surface area contributed by atoms with Gasteiger partial charge in [0.05, 0.1) is 0 Å². The summed E-state index contributed by atoms with van der Waals surface area (Å²) < 4.78 is 0. The van der Waals surface area contributed by atoms with E-state index in [0.717, 1.165) is 30.3 Å². The van der Waals surface area contributed by atoms with Gasteiger partial charge in [0.25, 0.3) is 5.91 Å². The lowest BCUT2D eigenvalue weighted by atomic mass is 10.1. The van der Waals surface area contributed by atoms with E-state index in [-0.39, 0.29) is 5.91 Å². The predicted molar refractivity (Wildman–Crippen MR) is 88.5 cm³/mol. The molecular formula is C18H26N2O. The van der Waals surface area contributed by atoms with Gasteiger partial charge in [-0.2, -0.15) is 0 Å². The Bertz CT molecular complexity index is 563. The Morgan fingerprint density at radius 3 is 2.43 bits per heavy atom. The van der Waals surface area contributed by atoms with Crippen molar-refractivity contribution in [2.75, 3.05) is 6.54 Å². The molecule has 0 aliphatic carbocycles. The predicted octanol–water partition coefficient (Wildman–Crippen LogP) is 4.45. The zero-order valence-electron chi connectivity index (χ0n) is 13.5. The summed E-state index contributed by atoms with van der Waals surface area (Å²) in [6.45, 7) is 9.43. The molecular weight excluding hydrogens is 260 g/mol. The normalized spacial score (nSPS) is 11.5. The third-order valence-corrected chi connectivity index (χ3v) is 3.97. The maximum atomic E-state index is 12.9. The molecule has 0 fully saturated rings. The summed E-state index contributed by atoms with van der Waals surface area (Å²) in [5.74, 6) is 0.590. The van der Waals surface area contributed by atoms with Crippen LogP contribution in [0.1, 0.15) is 51.0 Å². The SMILES string of the molecule is CCC(CC)N(CC(C)C)C(=O)c1cc2ccccc2[nH]1. The van der Waals surface area contributed by atoms with E-state index in [4.69, 9.17) is 0 Å². The Balaban J connectivity index is 2.31. The summed E-state index contributed by atoms with van der Waals surface area (Å²) in [5, 5.41) is 1.09. The highest BCUT2D eigenvalue weighted by Gasteiger charge is 2.24. The summed E-state index contributed by atoms with van der Waals surface area (Å²) in [6, 6.07) is 10.3. The van der Waals surface area contributed by atoms with Crippen LogP contribution in [0, 0.1) is 5.92 Å². The molecule has 1 aromatic heterocycles. The number of nitrogens with one attached hydrogen (secondary N) is 1. The number of hydrogen-bond acceptors (Lipinski definition) is 1. The van der Waals surface area contributed by atoms with Crippen LogP contribution in [0.4, 0.5) is 0 Å². The molecule has 2 rings (SSSR count). The summed E-state index contributed by atoms with van der Waals surface area (Å²) in [5.41, 5.74) is 1.72. The van der Waals surface area contributed by atoms with Crippen molar-refractivity contribution in [1.29, 1.82) is 0 Å². The van der Waals surface area contributed by atoms with Gasteiger partial charge in [-0.1, -0.05) is 45.9 Å². The van der Waals surface area contributed by atoms with Crippen LogP contribution in [0.2, 0.25) is 0 Å². The fourth-order valence-corrected chi connectivity index (χ4v) is 2.86. The van der Waals surface area contributed by atoms with E-state index in [1.54, 1.807) is 0 Å². The fraction of sp³-hybridized carbons (Fsp3) is 0.500. The minimum Gasteiger partial charge on any atom is -0.351 e. The lowest BCUT2D eigenvalue weighted by Gasteiger charge is -2.31. The third-order valence-electron chi connectivity index (χ3n) is 3.97. The molecule has 0 aliphatic heterocycles. The minimum absolute atomic E-state index is 0.119. The maximum absolute atomic E-state index is 12.9. The van der Waals surface area contributed by atoms with Gasteiger partial charge in [0.15, 0.2) is 0 Å². The van der Waals surface area contributed by atoms with Crippen molar-refractivity contribution in [2.45, 2.75) is 46.6 Å². The number of amides is 1. The largest absolute Gasteiger partial charge is 0.351 e. The Labute approximate surface area is 127 Å². The molecule has 0 spiro atoms. The number of benzene rings is 1. The molecule has 3 nitrogen and oxygen atoms in total. The molecule has 2 aromatic rings. The molecule has 3 heteroatoms. The van der Waals surface area contributed by atoms with E-state index in [9.17, 15) is 4.79 Å². The summed E-state index contributed by atoms with van der Waals surface area (Å²) in [6.07, 6.45) is 1.99. The van der Waals surface area contributed by atoms with Gasteiger partial charge in [-0.05, 0) is 30.9 Å². The van der Waals surface area contributed by atoms with E-state index < -0.39 is 0 Å². The summed E-state index contributed by atoms with van der Waals surface area (Å²) in [4.78, 5) is 18.2. The average molecular weight is 286 g/mol. The average Bonchev–Trinajstić information content (AvgIpc) is 2.90. The molecule has 1 N–H and O–H groups in total. The van der Waals surface area contributed by atoms with Crippen LogP contribution in [-0.2, 0) is 0 Å². The van der Waals surface area contributed by atoms with E-state index in [1.807, 2.05) is 35.2 Å². The monoisotopic (exact) mass is 286 g/mol. The van der Waals surface area contributed by atoms with Crippen molar-refractivity contribution in [3.8, 4) is 0 Å². The molecule has 0 atom stereocenters. The van der Waals surface area contributed by atoms with Crippen molar-refractivity contribution >= 4 is 16.8 Å². The lowest BCUT2D eigenvalue weighted by Crippen LogP contribution is -2.42. The number of aromatic amines is 1. The quantitative estimate of drug-likeness (QED) is 0.836. The number of nitrogens with zero attached hydrogens (tertiary/aromatic N) is 1. The second-order valence-corrected chi connectivity index (χ2v) is 6.09. The van der Waals surface area contributed by atoms with Crippen molar-refractivity contribution in [3.63, 3.8) is 0 Å². The zero-order chi connectivity index (χ0) is 15.4. The topological polar surface area (TPSA) is 36.1 Å². The first-order valence-electron chi connectivity index (χ1n) is 7.95. The first-order chi connectivity index (χ1) is 10.1. The van der Waals surface area contributed by atoms with Crippen molar-refractivity contribution in [1.82, 2.24) is 9.88 Å². The Hall–Kier alpha value is -1.77. The van der Waals surface area contributed by atoms with E-state index in [1.165, 1.54) is 0 Å². The van der Waals surface area contributed by atoms with Crippen LogP contribution in [0.15, 0.2) is 30.3 Å². The number of fused-ring (bicyclic) bond motifs is 1. The van der Waals surface area contributed by atoms with Crippen LogP contribution >= 0.6 is 0 Å². The number of aromatic nitrogens is 1. The van der Waals surface area contributed by atoms with Gasteiger partial charge in [-0.3, -0.25) is 4.79 Å². The number of hydrogen-bond donors (Lipinski definition) is 1. The van der Waals surface area contributed by atoms with Gasteiger partial charge in [-0.15, -0.1) is 0 Å². The molecule has 114 valence electrons. The van der Waals surface area contributed by atoms with Gasteiger partial charge >= 0.3 is 0 Å². The highest BCUT2D eigenvalue weighted by molar-refractivity contribution is 5.98. The van der Waals surface area contributed by atoms with E-state index in [0.29, 0.717) is 17.7 Å². The highest BCUT2D eigenvalue weighted by atomic mass is 16.2. The maximum Gasteiger partial charge on any atom is 0.270 e. The molecule has 1 aromatic carbocycles. The molecule has 0 saturated heterocycles. The standard InChI is InChI=1S/C18H26N2O/c1-5-15(6-2)20(12-13(3)4)18(21)17-11-14-9-7-8-10-16(14)19-17/h7-11,13,15,19H,5-6,12H2,1-4H3. The molecule has 21 heavy (non-hydrogen) atoms. The van der Waals surface area contributed by atoms with Crippen LogP contribution in [0.5, 0.6) is 0 Å². The number of rotatable bonds is 6. The van der Waals surface area contributed by atoms with Crippen LogP contribution in [0.25, 0.3) is 10.9 Å². The molecule has 0 radical (unpaired) electrons. The molecule has 0 saturated carbocycles. The van der Waals surface area contributed by atoms with Crippen molar-refractivity contribution in [2.24, 2.45) is 5.92 Å². The van der Waals surface area contributed by atoms with Crippen LogP contribution in [-0.4, -0.2) is 28.4 Å². The first kappa shape index (κ1) is 15.6. The van der Waals surface area contributed by atoms with Crippen molar-refractivity contribution in [3.05, 3.63) is 36.0 Å². The first-order valence-corrected chi connectivity index (χ1v) is 7.95. The smallest absolute Gasteiger partial charge is 0.270 e. The lowest BCUT2D eigenvalue weighted by molar-refractivity contribution is 0.0635. The van der Waals surface area contributed by atoms with E-state index in [2.05, 4.69) is 32.7 Å². The second kappa shape index (κ2) is 6.79. The minimum atomic E-state index is 0.119. The molecule has 1 heterocycles.